The number of nitrogens with zero attached hydrogens (tertiary/aromatic N) is 4. The average Bonchev–Trinajstić information content (AvgIpc) is 3.21. The highest BCUT2D eigenvalue weighted by molar-refractivity contribution is 6.31. The highest BCUT2D eigenvalue weighted by atomic mass is 35.5. The lowest BCUT2D eigenvalue weighted by Crippen LogP contribution is -2.26. The van der Waals surface area contributed by atoms with Gasteiger partial charge >= 0.3 is 6.09 Å². The highest BCUT2D eigenvalue weighted by Gasteiger charge is 2.16. The lowest BCUT2D eigenvalue weighted by molar-refractivity contribution is 0.0992. The van der Waals surface area contributed by atoms with Gasteiger partial charge in [-0.1, -0.05) is 17.7 Å². The zero-order chi connectivity index (χ0) is 22.0. The number of methoxy groups -OCH3 is 1. The lowest BCUT2D eigenvalue weighted by atomic mass is 10.2. The van der Waals surface area contributed by atoms with Gasteiger partial charge in [0, 0.05) is 35.7 Å². The Kier molecular flexibility index (Phi) is 5.55. The van der Waals surface area contributed by atoms with Crippen molar-refractivity contribution < 1.29 is 14.3 Å². The number of fused-ring (bicyclic) bond motifs is 1. The Morgan fingerprint density at radius 1 is 1.10 bits per heavy atom. The number of nitrogens with one attached hydrogen (secondary N) is 1. The molecule has 0 radical (unpaired) electrons. The molecule has 4 rings (SSSR count). The van der Waals surface area contributed by atoms with Crippen LogP contribution in [0.3, 0.4) is 0 Å². The van der Waals surface area contributed by atoms with Crippen LogP contribution in [-0.4, -0.2) is 40.5 Å². The van der Waals surface area contributed by atoms with E-state index in [1.807, 2.05) is 10.5 Å². The first kappa shape index (κ1) is 20.4. The molecule has 0 saturated carbocycles. The lowest BCUT2D eigenvalue weighted by Gasteiger charge is -2.18. The van der Waals surface area contributed by atoms with E-state index in [1.165, 1.54) is 7.11 Å². The highest BCUT2D eigenvalue weighted by Crippen LogP contribution is 2.24. The number of hydrogen-bond acceptors (Lipinski definition) is 5. The van der Waals surface area contributed by atoms with Gasteiger partial charge in [0.15, 0.2) is 0 Å². The summed E-state index contributed by atoms with van der Waals surface area (Å²) in [7, 11) is 2.98. The molecule has 4 aromatic rings. The van der Waals surface area contributed by atoms with E-state index in [0.29, 0.717) is 27.7 Å². The molecule has 0 unspecified atom stereocenters. The van der Waals surface area contributed by atoms with E-state index in [4.69, 9.17) is 11.6 Å². The van der Waals surface area contributed by atoms with Gasteiger partial charge in [-0.2, -0.15) is 0 Å². The molecule has 0 bridgehead atoms. The summed E-state index contributed by atoms with van der Waals surface area (Å²) >= 11 is 6.05. The molecular weight excluding hydrogens is 418 g/mol. The molecule has 3 heterocycles. The van der Waals surface area contributed by atoms with Crippen LogP contribution in [0.15, 0.2) is 67.1 Å². The van der Waals surface area contributed by atoms with E-state index in [1.54, 1.807) is 73.0 Å². The Bertz CT molecular complexity index is 1270. The average molecular weight is 436 g/mol. The van der Waals surface area contributed by atoms with Crippen LogP contribution in [0.25, 0.3) is 16.9 Å². The first-order chi connectivity index (χ1) is 15.0. The second kappa shape index (κ2) is 8.45. The Labute approximate surface area is 183 Å². The van der Waals surface area contributed by atoms with Gasteiger partial charge in [0.05, 0.1) is 24.6 Å². The maximum atomic E-state index is 13.0. The largest absolute Gasteiger partial charge is 0.453 e. The SMILES string of the molecule is COC(=O)Nc1ccc(-c2cnc3ccc(C(=O)N(C)c4cccc(Cl)c4)cn23)cn1. The summed E-state index contributed by atoms with van der Waals surface area (Å²) < 4.78 is 6.38. The molecule has 0 atom stereocenters. The van der Waals surface area contributed by atoms with Gasteiger partial charge in [0.1, 0.15) is 11.5 Å². The van der Waals surface area contributed by atoms with Crippen molar-refractivity contribution >= 4 is 40.8 Å². The third-order valence-corrected chi connectivity index (χ3v) is 4.96. The van der Waals surface area contributed by atoms with E-state index >= 15 is 0 Å². The first-order valence-corrected chi connectivity index (χ1v) is 9.66. The molecule has 2 amide bonds. The van der Waals surface area contributed by atoms with Gasteiger partial charge in [-0.05, 0) is 42.5 Å². The zero-order valence-corrected chi connectivity index (χ0v) is 17.5. The van der Waals surface area contributed by atoms with Crippen molar-refractivity contribution in [1.29, 1.82) is 0 Å². The summed E-state index contributed by atoms with van der Waals surface area (Å²) in [6.45, 7) is 0. The van der Waals surface area contributed by atoms with Crippen molar-refractivity contribution in [2.75, 3.05) is 24.4 Å². The van der Waals surface area contributed by atoms with E-state index in [-0.39, 0.29) is 5.91 Å². The molecule has 0 aliphatic carbocycles. The van der Waals surface area contributed by atoms with E-state index in [2.05, 4.69) is 20.0 Å². The molecule has 3 aromatic heterocycles. The van der Waals surface area contributed by atoms with Gasteiger partial charge in [-0.25, -0.2) is 14.8 Å². The molecule has 0 saturated heterocycles. The number of carbonyl (C=O) groups excluding carboxylic acids is 2. The van der Waals surface area contributed by atoms with Gasteiger partial charge < -0.3 is 9.64 Å². The van der Waals surface area contributed by atoms with Crippen LogP contribution >= 0.6 is 11.6 Å². The molecule has 1 aromatic carbocycles. The minimum absolute atomic E-state index is 0.181. The Morgan fingerprint density at radius 3 is 2.65 bits per heavy atom. The van der Waals surface area contributed by atoms with Crippen LogP contribution in [0.1, 0.15) is 10.4 Å². The summed E-state index contributed by atoms with van der Waals surface area (Å²) in [5.74, 6) is 0.183. The van der Waals surface area contributed by atoms with Crippen LogP contribution in [-0.2, 0) is 4.74 Å². The van der Waals surface area contributed by atoms with Crippen molar-refractivity contribution in [1.82, 2.24) is 14.4 Å². The molecule has 31 heavy (non-hydrogen) atoms. The third kappa shape index (κ3) is 4.19. The van der Waals surface area contributed by atoms with Crippen molar-refractivity contribution in [3.05, 3.63) is 77.7 Å². The van der Waals surface area contributed by atoms with Crippen LogP contribution in [0.2, 0.25) is 5.02 Å². The summed E-state index contributed by atoms with van der Waals surface area (Å²) in [5.41, 5.74) is 3.41. The maximum absolute atomic E-state index is 13.0. The van der Waals surface area contributed by atoms with Crippen LogP contribution < -0.4 is 10.2 Å². The zero-order valence-electron chi connectivity index (χ0n) is 16.7. The Morgan fingerprint density at radius 2 is 1.94 bits per heavy atom. The molecule has 0 aliphatic heterocycles. The molecule has 0 spiro atoms. The van der Waals surface area contributed by atoms with Crippen molar-refractivity contribution in [3.63, 3.8) is 0 Å². The van der Waals surface area contributed by atoms with E-state index in [9.17, 15) is 9.59 Å². The van der Waals surface area contributed by atoms with Crippen LogP contribution in [0, 0.1) is 0 Å². The number of ether oxygens (including phenoxy) is 1. The number of aromatic nitrogens is 3. The number of pyridine rings is 2. The Hall–Kier alpha value is -3.91. The van der Waals surface area contributed by atoms with Gasteiger partial charge in [0.2, 0.25) is 0 Å². The minimum Gasteiger partial charge on any atom is -0.453 e. The van der Waals surface area contributed by atoms with Gasteiger partial charge in [-0.3, -0.25) is 14.5 Å². The molecule has 156 valence electrons. The topological polar surface area (TPSA) is 88.8 Å². The predicted molar refractivity (Wildman–Crippen MR) is 119 cm³/mol. The second-order valence-corrected chi connectivity index (χ2v) is 7.12. The monoisotopic (exact) mass is 435 g/mol. The maximum Gasteiger partial charge on any atom is 0.412 e. The fourth-order valence-electron chi connectivity index (χ4n) is 3.09. The first-order valence-electron chi connectivity index (χ1n) is 9.28. The molecule has 0 aliphatic rings. The number of halogens is 1. The van der Waals surface area contributed by atoms with Crippen molar-refractivity contribution in [2.24, 2.45) is 0 Å². The normalized spacial score (nSPS) is 10.7. The van der Waals surface area contributed by atoms with Crippen molar-refractivity contribution in [3.8, 4) is 11.3 Å². The fourth-order valence-corrected chi connectivity index (χ4v) is 3.28. The van der Waals surface area contributed by atoms with Crippen LogP contribution in [0.4, 0.5) is 16.3 Å². The van der Waals surface area contributed by atoms with Gasteiger partial charge in [-0.15, -0.1) is 0 Å². The fraction of sp³-hybridized carbons (Fsp3) is 0.0909. The Balaban J connectivity index is 1.65. The number of benzene rings is 1. The summed E-state index contributed by atoms with van der Waals surface area (Å²) in [6, 6.07) is 14.1. The van der Waals surface area contributed by atoms with E-state index < -0.39 is 6.09 Å². The molecule has 8 nitrogen and oxygen atoms in total. The van der Waals surface area contributed by atoms with Crippen LogP contribution in [0.5, 0.6) is 0 Å². The summed E-state index contributed by atoms with van der Waals surface area (Å²) in [5, 5.41) is 3.06. The number of hydrogen-bond donors (Lipinski definition) is 1. The minimum atomic E-state index is -0.595. The molecule has 0 fully saturated rings. The number of imidazole rings is 1. The molecule has 9 heteroatoms. The predicted octanol–water partition coefficient (Wildman–Crippen LogP) is 4.50. The summed E-state index contributed by atoms with van der Waals surface area (Å²) in [4.78, 5) is 34.5. The smallest absolute Gasteiger partial charge is 0.412 e. The standard InChI is InChI=1S/C22H18ClN5O3/c1-27(17-5-3-4-16(23)10-17)21(29)15-7-9-20-25-12-18(28(20)13-15)14-6-8-19(24-11-14)26-22(30)31-2/h3-13H,1-2H3,(H,24,26,30). The van der Waals surface area contributed by atoms with Crippen molar-refractivity contribution in [2.45, 2.75) is 0 Å². The third-order valence-electron chi connectivity index (χ3n) is 4.73. The number of amides is 2. The number of anilines is 2. The molecule has 1 N–H and O–H groups in total. The second-order valence-electron chi connectivity index (χ2n) is 6.68. The van der Waals surface area contributed by atoms with Gasteiger partial charge in [0.25, 0.3) is 5.91 Å². The molecular formula is C22H18ClN5O3. The number of carbonyl (C=O) groups is 2. The summed E-state index contributed by atoms with van der Waals surface area (Å²) in [6.07, 6.45) is 4.46. The quantitative estimate of drug-likeness (QED) is 0.509. The number of rotatable bonds is 4. The van der Waals surface area contributed by atoms with E-state index in [0.717, 1.165) is 11.3 Å².